The summed E-state index contributed by atoms with van der Waals surface area (Å²) in [5.74, 6) is 0.921. The van der Waals surface area contributed by atoms with E-state index in [9.17, 15) is 9.90 Å². The summed E-state index contributed by atoms with van der Waals surface area (Å²) in [6, 6.07) is 14.6. The fourth-order valence-electron chi connectivity index (χ4n) is 4.01. The number of carbonyl (C=O) groups is 1. The Kier molecular flexibility index (Phi) is 5.05. The molecular weight excluding hydrogens is 326 g/mol. The Morgan fingerprint density at radius 2 is 1.92 bits per heavy atom. The van der Waals surface area contributed by atoms with E-state index in [1.807, 2.05) is 18.2 Å². The highest BCUT2D eigenvalue weighted by Gasteiger charge is 2.23. The molecule has 0 saturated carbocycles. The summed E-state index contributed by atoms with van der Waals surface area (Å²) in [4.78, 5) is 11.8. The fraction of sp³-hybridized carbons (Fsp3) is 0.409. The molecule has 2 aliphatic carbocycles. The number of aliphatic hydroxyl groups excluding tert-OH is 1. The first kappa shape index (κ1) is 17.3. The number of aliphatic hydroxyl groups is 1. The average Bonchev–Trinajstić information content (AvgIpc) is 3.06. The van der Waals surface area contributed by atoms with E-state index < -0.39 is 6.10 Å². The number of aryl methyl sites for hydroxylation is 1. The van der Waals surface area contributed by atoms with Gasteiger partial charge in [0, 0.05) is 30.1 Å². The van der Waals surface area contributed by atoms with Crippen LogP contribution in [0.5, 0.6) is 5.75 Å². The maximum Gasteiger partial charge on any atom is 0.163 e. The first-order valence-electron chi connectivity index (χ1n) is 9.47. The first-order valence-corrected chi connectivity index (χ1v) is 9.47. The number of ketones is 1. The number of fused-ring (bicyclic) bond motifs is 2. The Hall–Kier alpha value is -2.17. The maximum atomic E-state index is 11.8. The van der Waals surface area contributed by atoms with Crippen LogP contribution in [0.25, 0.3) is 0 Å². The summed E-state index contributed by atoms with van der Waals surface area (Å²) in [5, 5.41) is 13.8. The number of ether oxygens (including phenoxy) is 1. The van der Waals surface area contributed by atoms with Crippen LogP contribution in [-0.2, 0) is 19.3 Å². The Morgan fingerprint density at radius 3 is 2.81 bits per heavy atom. The lowest BCUT2D eigenvalue weighted by Gasteiger charge is -2.26. The second kappa shape index (κ2) is 7.60. The van der Waals surface area contributed by atoms with Crippen molar-refractivity contribution in [2.75, 3.05) is 13.2 Å². The van der Waals surface area contributed by atoms with Gasteiger partial charge >= 0.3 is 0 Å². The zero-order valence-electron chi connectivity index (χ0n) is 14.9. The summed E-state index contributed by atoms with van der Waals surface area (Å²) in [5.41, 5.74) is 4.62. The molecule has 4 rings (SSSR count). The highest BCUT2D eigenvalue weighted by Crippen LogP contribution is 2.30. The van der Waals surface area contributed by atoms with E-state index in [1.54, 1.807) is 0 Å². The van der Waals surface area contributed by atoms with Gasteiger partial charge in [-0.1, -0.05) is 36.4 Å². The number of hydrogen-bond donors (Lipinski definition) is 2. The summed E-state index contributed by atoms with van der Waals surface area (Å²) in [6.45, 7) is 0.752. The SMILES string of the molecule is O=C1CCc2c(OCC(O)CNC3CCc4ccccc4C3)cccc21. The Bertz CT molecular complexity index is 802. The second-order valence-electron chi connectivity index (χ2n) is 7.29. The van der Waals surface area contributed by atoms with Crippen LogP contribution in [0, 0.1) is 0 Å². The van der Waals surface area contributed by atoms with Crippen molar-refractivity contribution in [3.05, 3.63) is 64.7 Å². The van der Waals surface area contributed by atoms with Gasteiger partial charge in [0.15, 0.2) is 5.78 Å². The van der Waals surface area contributed by atoms with Crippen LogP contribution >= 0.6 is 0 Å². The smallest absolute Gasteiger partial charge is 0.163 e. The van der Waals surface area contributed by atoms with Gasteiger partial charge in [0.2, 0.25) is 0 Å². The Morgan fingerprint density at radius 1 is 1.08 bits per heavy atom. The molecule has 136 valence electrons. The zero-order chi connectivity index (χ0) is 17.9. The van der Waals surface area contributed by atoms with Gasteiger partial charge in [0.25, 0.3) is 0 Å². The predicted octanol–water partition coefficient (Wildman–Crippen LogP) is 2.70. The van der Waals surface area contributed by atoms with Gasteiger partial charge in [-0.05, 0) is 42.9 Å². The van der Waals surface area contributed by atoms with Crippen molar-refractivity contribution in [2.45, 2.75) is 44.2 Å². The van der Waals surface area contributed by atoms with Gasteiger partial charge in [-0.15, -0.1) is 0 Å². The molecule has 0 bridgehead atoms. The lowest BCUT2D eigenvalue weighted by atomic mass is 9.88. The molecular formula is C22H25NO3. The van der Waals surface area contributed by atoms with Crippen molar-refractivity contribution in [1.29, 1.82) is 0 Å². The van der Waals surface area contributed by atoms with Gasteiger partial charge in [0.05, 0.1) is 0 Å². The van der Waals surface area contributed by atoms with Crippen LogP contribution in [0.15, 0.2) is 42.5 Å². The molecule has 0 aromatic heterocycles. The Labute approximate surface area is 154 Å². The van der Waals surface area contributed by atoms with Crippen LogP contribution in [-0.4, -0.2) is 36.2 Å². The van der Waals surface area contributed by atoms with Crippen molar-refractivity contribution in [2.24, 2.45) is 0 Å². The molecule has 2 unspecified atom stereocenters. The van der Waals surface area contributed by atoms with Crippen LogP contribution in [0.4, 0.5) is 0 Å². The molecule has 0 fully saturated rings. The number of Topliss-reactive ketones (excluding diaryl/α,β-unsaturated/α-hetero) is 1. The van der Waals surface area contributed by atoms with Crippen LogP contribution in [0.1, 0.15) is 39.9 Å². The minimum atomic E-state index is -0.569. The van der Waals surface area contributed by atoms with E-state index in [0.717, 1.165) is 42.6 Å². The number of carbonyl (C=O) groups excluding carboxylic acids is 1. The van der Waals surface area contributed by atoms with Gasteiger partial charge in [-0.2, -0.15) is 0 Å². The van der Waals surface area contributed by atoms with Crippen molar-refractivity contribution in [3.63, 3.8) is 0 Å². The van der Waals surface area contributed by atoms with Crippen molar-refractivity contribution >= 4 is 5.78 Å². The molecule has 26 heavy (non-hydrogen) atoms. The monoisotopic (exact) mass is 351 g/mol. The fourth-order valence-corrected chi connectivity index (χ4v) is 4.01. The first-order chi connectivity index (χ1) is 12.7. The summed E-state index contributed by atoms with van der Waals surface area (Å²) in [6.07, 6.45) is 3.92. The molecule has 2 aromatic rings. The lowest BCUT2D eigenvalue weighted by molar-refractivity contribution is 0.0994. The molecule has 2 aliphatic rings. The second-order valence-corrected chi connectivity index (χ2v) is 7.29. The molecule has 2 atom stereocenters. The molecule has 0 aliphatic heterocycles. The summed E-state index contributed by atoms with van der Waals surface area (Å²) >= 11 is 0. The molecule has 2 N–H and O–H groups in total. The number of benzene rings is 2. The third-order valence-corrected chi connectivity index (χ3v) is 5.46. The van der Waals surface area contributed by atoms with E-state index in [0.29, 0.717) is 19.0 Å². The molecule has 4 nitrogen and oxygen atoms in total. The van der Waals surface area contributed by atoms with Gasteiger partial charge in [-0.25, -0.2) is 0 Å². The molecule has 0 saturated heterocycles. The third-order valence-electron chi connectivity index (χ3n) is 5.46. The number of hydrogen-bond acceptors (Lipinski definition) is 4. The van der Waals surface area contributed by atoms with Crippen LogP contribution < -0.4 is 10.1 Å². The lowest BCUT2D eigenvalue weighted by Crippen LogP contribution is -2.40. The predicted molar refractivity (Wildman–Crippen MR) is 101 cm³/mol. The maximum absolute atomic E-state index is 11.8. The molecule has 0 amide bonds. The molecule has 2 aromatic carbocycles. The van der Waals surface area contributed by atoms with E-state index >= 15 is 0 Å². The van der Waals surface area contributed by atoms with E-state index in [2.05, 4.69) is 29.6 Å². The normalized spacial score (nSPS) is 19.7. The van der Waals surface area contributed by atoms with Crippen molar-refractivity contribution in [3.8, 4) is 5.75 Å². The minimum Gasteiger partial charge on any atom is -0.491 e. The molecule has 4 heteroatoms. The van der Waals surface area contributed by atoms with Crippen molar-refractivity contribution in [1.82, 2.24) is 5.32 Å². The zero-order valence-corrected chi connectivity index (χ0v) is 14.9. The largest absolute Gasteiger partial charge is 0.491 e. The quantitative estimate of drug-likeness (QED) is 0.840. The van der Waals surface area contributed by atoms with Gasteiger partial charge < -0.3 is 15.2 Å². The minimum absolute atomic E-state index is 0.185. The summed E-state index contributed by atoms with van der Waals surface area (Å²) < 4.78 is 5.81. The summed E-state index contributed by atoms with van der Waals surface area (Å²) in [7, 11) is 0. The van der Waals surface area contributed by atoms with E-state index in [-0.39, 0.29) is 12.4 Å². The molecule has 0 radical (unpaired) electrons. The number of rotatable bonds is 6. The van der Waals surface area contributed by atoms with E-state index in [4.69, 9.17) is 4.74 Å². The van der Waals surface area contributed by atoms with Gasteiger partial charge in [-0.3, -0.25) is 4.79 Å². The molecule has 0 spiro atoms. The van der Waals surface area contributed by atoms with Crippen molar-refractivity contribution < 1.29 is 14.6 Å². The highest BCUT2D eigenvalue weighted by atomic mass is 16.5. The molecule has 0 heterocycles. The van der Waals surface area contributed by atoms with Gasteiger partial charge in [0.1, 0.15) is 18.5 Å². The Balaban J connectivity index is 1.27. The standard InChI is InChI=1S/C22H25NO3/c24-18(13-23-17-9-8-15-4-1-2-5-16(15)12-17)14-26-22-7-3-6-19-20(22)10-11-21(19)25/h1-7,17-18,23-24H,8-14H2. The van der Waals surface area contributed by atoms with Crippen LogP contribution in [0.3, 0.4) is 0 Å². The van der Waals surface area contributed by atoms with E-state index in [1.165, 1.54) is 11.1 Å². The van der Waals surface area contributed by atoms with Crippen LogP contribution in [0.2, 0.25) is 0 Å². The highest BCUT2D eigenvalue weighted by molar-refractivity contribution is 6.01. The topological polar surface area (TPSA) is 58.6 Å². The third kappa shape index (κ3) is 3.67. The average molecular weight is 351 g/mol. The number of nitrogens with one attached hydrogen (secondary N) is 1.